The maximum absolute atomic E-state index is 13.6. The standard InChI is InChI=1S/C20H23FN2O3/c1-20(2,15-7-8-17-18(13-15)26-12-11-25-17)23-19(24)22-10-9-14-5-3-4-6-16(14)21/h3-8,13H,9-12H2,1-2H3,(H2,22,23,24). The van der Waals surface area contributed by atoms with Gasteiger partial charge in [0.15, 0.2) is 11.5 Å². The van der Waals surface area contributed by atoms with Gasteiger partial charge in [0.05, 0.1) is 5.54 Å². The van der Waals surface area contributed by atoms with Gasteiger partial charge in [-0.3, -0.25) is 0 Å². The Labute approximate surface area is 152 Å². The van der Waals surface area contributed by atoms with Crippen molar-refractivity contribution in [2.75, 3.05) is 19.8 Å². The molecule has 0 radical (unpaired) electrons. The van der Waals surface area contributed by atoms with Crippen LogP contribution in [0.3, 0.4) is 0 Å². The van der Waals surface area contributed by atoms with Crippen LogP contribution in [-0.4, -0.2) is 25.8 Å². The summed E-state index contributed by atoms with van der Waals surface area (Å²) in [6.07, 6.45) is 0.435. The van der Waals surface area contributed by atoms with Crippen LogP contribution in [0, 0.1) is 5.82 Å². The molecule has 6 heteroatoms. The van der Waals surface area contributed by atoms with Gasteiger partial charge in [0.1, 0.15) is 19.0 Å². The number of amides is 2. The lowest BCUT2D eigenvalue weighted by molar-refractivity contribution is 0.171. The number of fused-ring (bicyclic) bond motifs is 1. The molecule has 0 saturated heterocycles. The van der Waals surface area contributed by atoms with Crippen LogP contribution in [0.4, 0.5) is 9.18 Å². The molecule has 0 aliphatic carbocycles. The third-order valence-electron chi connectivity index (χ3n) is 4.33. The number of carbonyl (C=O) groups excluding carboxylic acids is 1. The molecule has 1 heterocycles. The molecule has 0 bridgehead atoms. The van der Waals surface area contributed by atoms with Crippen molar-refractivity contribution in [1.29, 1.82) is 0 Å². The smallest absolute Gasteiger partial charge is 0.315 e. The highest BCUT2D eigenvalue weighted by molar-refractivity contribution is 5.75. The quantitative estimate of drug-likeness (QED) is 0.861. The minimum Gasteiger partial charge on any atom is -0.486 e. The number of ether oxygens (including phenoxy) is 2. The van der Waals surface area contributed by atoms with E-state index in [4.69, 9.17) is 9.47 Å². The fourth-order valence-corrected chi connectivity index (χ4v) is 2.84. The van der Waals surface area contributed by atoms with Gasteiger partial charge in [-0.25, -0.2) is 9.18 Å². The van der Waals surface area contributed by atoms with Crippen LogP contribution in [0.15, 0.2) is 42.5 Å². The Hall–Kier alpha value is -2.76. The van der Waals surface area contributed by atoms with E-state index in [9.17, 15) is 9.18 Å². The van der Waals surface area contributed by atoms with Gasteiger partial charge in [-0.05, 0) is 49.6 Å². The Kier molecular flexibility index (Phi) is 5.30. The molecule has 2 amide bonds. The van der Waals surface area contributed by atoms with Crippen molar-refractivity contribution < 1.29 is 18.7 Å². The normalized spacial score (nSPS) is 13.2. The average molecular weight is 358 g/mol. The molecule has 2 aromatic carbocycles. The number of halogens is 1. The zero-order valence-electron chi connectivity index (χ0n) is 15.0. The summed E-state index contributed by atoms with van der Waals surface area (Å²) < 4.78 is 24.7. The number of benzene rings is 2. The lowest BCUT2D eigenvalue weighted by Gasteiger charge is -2.28. The Morgan fingerprint density at radius 1 is 1.12 bits per heavy atom. The molecule has 0 saturated carbocycles. The van der Waals surface area contributed by atoms with E-state index in [-0.39, 0.29) is 11.8 Å². The number of urea groups is 1. The van der Waals surface area contributed by atoms with E-state index in [1.54, 1.807) is 18.2 Å². The monoisotopic (exact) mass is 358 g/mol. The van der Waals surface area contributed by atoms with Crippen molar-refractivity contribution in [3.05, 3.63) is 59.4 Å². The lowest BCUT2D eigenvalue weighted by Crippen LogP contribution is -2.47. The molecule has 1 aliphatic heterocycles. The summed E-state index contributed by atoms with van der Waals surface area (Å²) in [7, 11) is 0. The topological polar surface area (TPSA) is 59.6 Å². The predicted octanol–water partition coefficient (Wildman–Crippen LogP) is 3.37. The maximum Gasteiger partial charge on any atom is 0.315 e. The van der Waals surface area contributed by atoms with E-state index in [2.05, 4.69) is 10.6 Å². The third kappa shape index (κ3) is 4.25. The molecule has 3 rings (SSSR count). The summed E-state index contributed by atoms with van der Waals surface area (Å²) in [4.78, 5) is 12.2. The Morgan fingerprint density at radius 2 is 1.85 bits per heavy atom. The first kappa shape index (κ1) is 18.0. The van der Waals surface area contributed by atoms with E-state index in [1.165, 1.54) is 6.07 Å². The molecule has 0 atom stereocenters. The second kappa shape index (κ2) is 7.64. The van der Waals surface area contributed by atoms with Crippen LogP contribution in [0.25, 0.3) is 0 Å². The lowest BCUT2D eigenvalue weighted by atomic mass is 9.94. The Balaban J connectivity index is 1.56. The van der Waals surface area contributed by atoms with Gasteiger partial charge in [0.2, 0.25) is 0 Å². The molecule has 5 nitrogen and oxygen atoms in total. The summed E-state index contributed by atoms with van der Waals surface area (Å²) in [5, 5.41) is 5.71. The van der Waals surface area contributed by atoms with Gasteiger partial charge in [-0.15, -0.1) is 0 Å². The zero-order chi connectivity index (χ0) is 18.6. The highest BCUT2D eigenvalue weighted by atomic mass is 19.1. The van der Waals surface area contributed by atoms with E-state index in [0.717, 1.165) is 5.56 Å². The van der Waals surface area contributed by atoms with Crippen LogP contribution in [0.2, 0.25) is 0 Å². The number of carbonyl (C=O) groups is 1. The van der Waals surface area contributed by atoms with E-state index in [0.29, 0.717) is 43.2 Å². The highest BCUT2D eigenvalue weighted by Crippen LogP contribution is 2.34. The van der Waals surface area contributed by atoms with Gasteiger partial charge in [-0.2, -0.15) is 0 Å². The summed E-state index contributed by atoms with van der Waals surface area (Å²) >= 11 is 0. The fourth-order valence-electron chi connectivity index (χ4n) is 2.84. The fraction of sp³-hybridized carbons (Fsp3) is 0.350. The van der Waals surface area contributed by atoms with Crippen molar-refractivity contribution in [2.24, 2.45) is 0 Å². The maximum atomic E-state index is 13.6. The number of hydrogen-bond donors (Lipinski definition) is 2. The summed E-state index contributed by atoms with van der Waals surface area (Å²) in [6.45, 7) is 5.23. The molecule has 2 N–H and O–H groups in total. The first-order chi connectivity index (χ1) is 12.5. The van der Waals surface area contributed by atoms with Crippen molar-refractivity contribution in [3.8, 4) is 11.5 Å². The molecule has 0 aromatic heterocycles. The van der Waals surface area contributed by atoms with Gasteiger partial charge in [0, 0.05) is 6.54 Å². The molecule has 26 heavy (non-hydrogen) atoms. The van der Waals surface area contributed by atoms with Crippen molar-refractivity contribution in [1.82, 2.24) is 10.6 Å². The summed E-state index contributed by atoms with van der Waals surface area (Å²) in [5.74, 6) is 1.14. The highest BCUT2D eigenvalue weighted by Gasteiger charge is 2.25. The number of rotatable bonds is 5. The van der Waals surface area contributed by atoms with Crippen LogP contribution in [0.5, 0.6) is 11.5 Å². The zero-order valence-corrected chi connectivity index (χ0v) is 15.0. The molecular weight excluding hydrogens is 335 g/mol. The number of nitrogens with one attached hydrogen (secondary N) is 2. The second-order valence-electron chi connectivity index (χ2n) is 6.71. The molecule has 2 aromatic rings. The Bertz CT molecular complexity index is 792. The van der Waals surface area contributed by atoms with E-state index >= 15 is 0 Å². The van der Waals surface area contributed by atoms with Crippen molar-refractivity contribution in [2.45, 2.75) is 25.8 Å². The first-order valence-electron chi connectivity index (χ1n) is 8.65. The second-order valence-corrected chi connectivity index (χ2v) is 6.71. The van der Waals surface area contributed by atoms with Gasteiger partial charge >= 0.3 is 6.03 Å². The average Bonchev–Trinajstić information content (AvgIpc) is 2.62. The molecule has 1 aliphatic rings. The van der Waals surface area contributed by atoms with E-state index in [1.807, 2.05) is 32.0 Å². The van der Waals surface area contributed by atoms with E-state index < -0.39 is 5.54 Å². The van der Waals surface area contributed by atoms with Crippen molar-refractivity contribution >= 4 is 6.03 Å². The predicted molar refractivity (Wildman–Crippen MR) is 97.1 cm³/mol. The summed E-state index contributed by atoms with van der Waals surface area (Å²) in [5.41, 5.74) is 0.891. The summed E-state index contributed by atoms with van der Waals surface area (Å²) in [6, 6.07) is 11.9. The largest absolute Gasteiger partial charge is 0.486 e. The van der Waals surface area contributed by atoms with Gasteiger partial charge in [0.25, 0.3) is 0 Å². The van der Waals surface area contributed by atoms with Gasteiger partial charge < -0.3 is 20.1 Å². The first-order valence-corrected chi connectivity index (χ1v) is 8.65. The van der Waals surface area contributed by atoms with Gasteiger partial charge in [-0.1, -0.05) is 24.3 Å². The van der Waals surface area contributed by atoms with Crippen LogP contribution in [0.1, 0.15) is 25.0 Å². The SMILES string of the molecule is CC(C)(NC(=O)NCCc1ccccc1F)c1ccc2c(c1)OCCO2. The van der Waals surface area contributed by atoms with Crippen LogP contribution in [-0.2, 0) is 12.0 Å². The molecule has 0 unspecified atom stereocenters. The third-order valence-corrected chi connectivity index (χ3v) is 4.33. The minimum absolute atomic E-state index is 0.258. The molecular formula is C20H23FN2O3. The molecule has 0 spiro atoms. The molecule has 0 fully saturated rings. The van der Waals surface area contributed by atoms with Crippen molar-refractivity contribution in [3.63, 3.8) is 0 Å². The molecule has 138 valence electrons. The number of hydrogen-bond acceptors (Lipinski definition) is 3. The van der Waals surface area contributed by atoms with Crippen LogP contribution < -0.4 is 20.1 Å². The Morgan fingerprint density at radius 3 is 2.62 bits per heavy atom. The minimum atomic E-state index is -0.599. The van der Waals surface area contributed by atoms with Crippen LogP contribution >= 0.6 is 0 Å².